The van der Waals surface area contributed by atoms with Crippen LogP contribution in [0.4, 0.5) is 5.82 Å². The van der Waals surface area contributed by atoms with Gasteiger partial charge in [-0.15, -0.1) is 0 Å². The summed E-state index contributed by atoms with van der Waals surface area (Å²) in [5, 5.41) is 12.3. The van der Waals surface area contributed by atoms with E-state index >= 15 is 0 Å². The number of carbonyl (C=O) groups excluding carboxylic acids is 1. The van der Waals surface area contributed by atoms with Crippen LogP contribution in [0.3, 0.4) is 0 Å². The maximum Gasteiger partial charge on any atom is 0.256 e. The number of ether oxygens (including phenoxy) is 1. The topological polar surface area (TPSA) is 65.9 Å². The number of hydrogen-bond donors (Lipinski definition) is 1. The lowest BCUT2D eigenvalue weighted by atomic mass is 9.96. The predicted octanol–water partition coefficient (Wildman–Crippen LogP) is 4.64. The number of rotatable bonds is 5. The van der Waals surface area contributed by atoms with Gasteiger partial charge in [0.05, 0.1) is 18.7 Å². The van der Waals surface area contributed by atoms with Crippen molar-refractivity contribution in [1.82, 2.24) is 9.88 Å². The Bertz CT molecular complexity index is 1370. The molecule has 0 radical (unpaired) electrons. The third-order valence-electron chi connectivity index (χ3n) is 6.56. The van der Waals surface area contributed by atoms with E-state index < -0.39 is 6.29 Å². The zero-order valence-electron chi connectivity index (χ0n) is 20.0. The van der Waals surface area contributed by atoms with E-state index in [0.717, 1.165) is 38.8 Å². The van der Waals surface area contributed by atoms with Crippen molar-refractivity contribution in [3.63, 3.8) is 0 Å². The maximum atomic E-state index is 13.7. The second kappa shape index (κ2) is 9.86. The van der Waals surface area contributed by atoms with Crippen molar-refractivity contribution in [3.8, 4) is 11.1 Å². The fourth-order valence-corrected chi connectivity index (χ4v) is 4.69. The molecule has 3 aromatic carbocycles. The molecular weight excluding hydrogens is 438 g/mol. The zero-order chi connectivity index (χ0) is 24.4. The van der Waals surface area contributed by atoms with Gasteiger partial charge in [0.2, 0.25) is 0 Å². The van der Waals surface area contributed by atoms with Gasteiger partial charge >= 0.3 is 0 Å². The van der Waals surface area contributed by atoms with Gasteiger partial charge in [-0.3, -0.25) is 4.79 Å². The molecule has 1 aliphatic heterocycles. The monoisotopic (exact) mass is 467 g/mol. The van der Waals surface area contributed by atoms with E-state index in [0.29, 0.717) is 31.8 Å². The van der Waals surface area contributed by atoms with Gasteiger partial charge in [0, 0.05) is 26.3 Å². The Kier molecular flexibility index (Phi) is 6.49. The Hall–Kier alpha value is -3.74. The van der Waals surface area contributed by atoms with Crippen LogP contribution in [0.15, 0.2) is 79.0 Å². The molecule has 178 valence electrons. The Labute approximate surface area is 205 Å². The average Bonchev–Trinajstić information content (AvgIpc) is 2.88. The first-order chi connectivity index (χ1) is 17.0. The van der Waals surface area contributed by atoms with Crippen molar-refractivity contribution in [2.24, 2.45) is 0 Å². The average molecular weight is 468 g/mol. The van der Waals surface area contributed by atoms with Gasteiger partial charge in [-0.05, 0) is 46.0 Å². The van der Waals surface area contributed by atoms with E-state index in [1.807, 2.05) is 67.4 Å². The number of anilines is 1. The summed E-state index contributed by atoms with van der Waals surface area (Å²) >= 11 is 0. The predicted molar refractivity (Wildman–Crippen MR) is 138 cm³/mol. The number of aromatic nitrogens is 1. The Morgan fingerprint density at radius 3 is 2.69 bits per heavy atom. The molecule has 6 heteroatoms. The maximum absolute atomic E-state index is 13.7. The van der Waals surface area contributed by atoms with Crippen LogP contribution < -0.4 is 4.90 Å². The van der Waals surface area contributed by atoms with E-state index in [9.17, 15) is 9.90 Å². The van der Waals surface area contributed by atoms with E-state index in [-0.39, 0.29) is 5.91 Å². The molecule has 2 heterocycles. The van der Waals surface area contributed by atoms with Gasteiger partial charge in [-0.25, -0.2) is 4.98 Å². The van der Waals surface area contributed by atoms with Crippen LogP contribution in [0.5, 0.6) is 0 Å². The van der Waals surface area contributed by atoms with Crippen molar-refractivity contribution in [3.05, 3.63) is 95.7 Å². The number of hydrogen-bond acceptors (Lipinski definition) is 5. The Morgan fingerprint density at radius 1 is 1.09 bits per heavy atom. The van der Waals surface area contributed by atoms with Crippen LogP contribution in [0, 0.1) is 6.92 Å². The van der Waals surface area contributed by atoms with Gasteiger partial charge in [-0.2, -0.15) is 0 Å². The fourth-order valence-electron chi connectivity index (χ4n) is 4.69. The molecule has 1 atom stereocenters. The standard InChI is InChI=1S/C29H29N3O3/c1-20-8-3-5-12-23(20)25-16-27(32-14-15-35-28(33)19-32)30-17-26(25)29(34)31(2)18-22-11-7-10-21-9-4-6-13-24(21)22/h3-13,16-17,28,33H,14-15,18-19H2,1-2H3. The summed E-state index contributed by atoms with van der Waals surface area (Å²) in [6.45, 7) is 3.93. The number of benzene rings is 3. The smallest absolute Gasteiger partial charge is 0.256 e. The third-order valence-corrected chi connectivity index (χ3v) is 6.56. The van der Waals surface area contributed by atoms with Crippen LogP contribution in [0.25, 0.3) is 21.9 Å². The summed E-state index contributed by atoms with van der Waals surface area (Å²) < 4.78 is 5.27. The summed E-state index contributed by atoms with van der Waals surface area (Å²) in [6.07, 6.45) is 0.821. The summed E-state index contributed by atoms with van der Waals surface area (Å²) in [6, 6.07) is 24.4. The summed E-state index contributed by atoms with van der Waals surface area (Å²) in [7, 11) is 1.83. The highest BCUT2D eigenvalue weighted by molar-refractivity contribution is 6.01. The van der Waals surface area contributed by atoms with Crippen molar-refractivity contribution in [2.45, 2.75) is 19.8 Å². The summed E-state index contributed by atoms with van der Waals surface area (Å²) in [5.74, 6) is 0.635. The molecule has 0 bridgehead atoms. The lowest BCUT2D eigenvalue weighted by Crippen LogP contribution is -2.42. The molecule has 5 rings (SSSR count). The largest absolute Gasteiger partial charge is 0.366 e. The van der Waals surface area contributed by atoms with E-state index in [1.54, 1.807) is 11.1 Å². The molecular formula is C29H29N3O3. The lowest BCUT2D eigenvalue weighted by Gasteiger charge is -2.31. The normalized spacial score (nSPS) is 15.9. The van der Waals surface area contributed by atoms with Gasteiger partial charge in [-0.1, -0.05) is 66.7 Å². The van der Waals surface area contributed by atoms with Crippen molar-refractivity contribution in [1.29, 1.82) is 0 Å². The zero-order valence-corrected chi connectivity index (χ0v) is 20.0. The minimum Gasteiger partial charge on any atom is -0.366 e. The van der Waals surface area contributed by atoms with E-state index in [4.69, 9.17) is 4.74 Å². The number of carbonyl (C=O) groups is 1. The lowest BCUT2D eigenvalue weighted by molar-refractivity contribution is -0.104. The SMILES string of the molecule is Cc1ccccc1-c1cc(N2CCOC(O)C2)ncc1C(=O)N(C)Cc1cccc2ccccc12. The van der Waals surface area contributed by atoms with Crippen molar-refractivity contribution in [2.75, 3.05) is 31.6 Å². The van der Waals surface area contributed by atoms with Gasteiger partial charge in [0.1, 0.15) is 5.82 Å². The number of morpholine rings is 1. The fraction of sp³-hybridized carbons (Fsp3) is 0.241. The van der Waals surface area contributed by atoms with Crippen LogP contribution in [-0.4, -0.2) is 53.9 Å². The number of aryl methyl sites for hydroxylation is 1. The highest BCUT2D eigenvalue weighted by atomic mass is 16.6. The molecule has 1 fully saturated rings. The van der Waals surface area contributed by atoms with Gasteiger partial charge in [0.25, 0.3) is 5.91 Å². The number of aliphatic hydroxyl groups excluding tert-OH is 1. The molecule has 0 saturated carbocycles. The molecule has 35 heavy (non-hydrogen) atoms. The highest BCUT2D eigenvalue weighted by Crippen LogP contribution is 2.31. The van der Waals surface area contributed by atoms with E-state index in [2.05, 4.69) is 29.2 Å². The minimum absolute atomic E-state index is 0.0859. The first-order valence-corrected chi connectivity index (χ1v) is 11.8. The Morgan fingerprint density at radius 2 is 1.86 bits per heavy atom. The number of aliphatic hydroxyl groups is 1. The number of pyridine rings is 1. The highest BCUT2D eigenvalue weighted by Gasteiger charge is 2.24. The Balaban J connectivity index is 1.51. The first-order valence-electron chi connectivity index (χ1n) is 11.8. The van der Waals surface area contributed by atoms with Crippen molar-refractivity contribution < 1.29 is 14.6 Å². The van der Waals surface area contributed by atoms with Crippen LogP contribution >= 0.6 is 0 Å². The van der Waals surface area contributed by atoms with Crippen LogP contribution in [0.1, 0.15) is 21.5 Å². The molecule has 1 unspecified atom stereocenters. The summed E-state index contributed by atoms with van der Waals surface area (Å²) in [4.78, 5) is 22.1. The molecule has 1 aromatic heterocycles. The molecule has 6 nitrogen and oxygen atoms in total. The van der Waals surface area contributed by atoms with Crippen LogP contribution in [-0.2, 0) is 11.3 Å². The first kappa shape index (κ1) is 23.0. The third kappa shape index (κ3) is 4.76. The molecule has 1 amide bonds. The second-order valence-electron chi connectivity index (χ2n) is 8.97. The van der Waals surface area contributed by atoms with Gasteiger partial charge < -0.3 is 19.6 Å². The molecule has 1 N–H and O–H groups in total. The molecule has 1 aliphatic rings. The van der Waals surface area contributed by atoms with E-state index in [1.165, 1.54) is 0 Å². The quantitative estimate of drug-likeness (QED) is 0.463. The molecule has 0 aliphatic carbocycles. The molecule has 1 saturated heterocycles. The number of β-amino-alcohol motifs (C(OH)–C–C–N with tert-alkyl or cyclic N) is 1. The van der Waals surface area contributed by atoms with Crippen LogP contribution in [0.2, 0.25) is 0 Å². The van der Waals surface area contributed by atoms with Gasteiger partial charge in [0.15, 0.2) is 6.29 Å². The number of fused-ring (bicyclic) bond motifs is 1. The summed E-state index contributed by atoms with van der Waals surface area (Å²) in [5.41, 5.74) is 4.57. The van der Waals surface area contributed by atoms with Crippen molar-refractivity contribution >= 4 is 22.5 Å². The molecule has 4 aromatic rings. The second-order valence-corrected chi connectivity index (χ2v) is 8.97. The number of nitrogens with zero attached hydrogens (tertiary/aromatic N) is 3. The number of amides is 1. The molecule has 0 spiro atoms. The minimum atomic E-state index is -0.847.